The highest BCUT2D eigenvalue weighted by atomic mass is 19.4. The topological polar surface area (TPSA) is 53.6 Å². The molecule has 0 amide bonds. The summed E-state index contributed by atoms with van der Waals surface area (Å²) in [5, 5.41) is 9.62. The molecule has 2 N–H and O–H groups in total. The molecule has 0 saturated heterocycles. The first-order valence-corrected chi connectivity index (χ1v) is 6.21. The van der Waals surface area contributed by atoms with Gasteiger partial charge >= 0.3 is 6.18 Å². The van der Waals surface area contributed by atoms with Crippen LogP contribution >= 0.6 is 0 Å². The van der Waals surface area contributed by atoms with Crippen molar-refractivity contribution < 1.29 is 13.2 Å². The fourth-order valence-electron chi connectivity index (χ4n) is 1.86. The SMILES string of the molecule is CC(NCCc1ncn[nH]1)c1cccc(C(F)(F)F)c1. The molecule has 0 aliphatic rings. The zero-order valence-corrected chi connectivity index (χ0v) is 10.9. The van der Waals surface area contributed by atoms with E-state index in [9.17, 15) is 13.2 Å². The Morgan fingerprint density at radius 3 is 2.80 bits per heavy atom. The van der Waals surface area contributed by atoms with Gasteiger partial charge in [0, 0.05) is 19.0 Å². The summed E-state index contributed by atoms with van der Waals surface area (Å²) in [7, 11) is 0. The molecule has 2 rings (SSSR count). The van der Waals surface area contributed by atoms with Crippen molar-refractivity contribution in [2.24, 2.45) is 0 Å². The number of hydrogen-bond donors (Lipinski definition) is 2. The first-order chi connectivity index (χ1) is 9.47. The van der Waals surface area contributed by atoms with Gasteiger partial charge in [0.05, 0.1) is 5.56 Å². The maximum atomic E-state index is 12.6. The molecule has 7 heteroatoms. The first kappa shape index (κ1) is 14.5. The molecule has 1 heterocycles. The van der Waals surface area contributed by atoms with Crippen LogP contribution in [0.15, 0.2) is 30.6 Å². The molecule has 108 valence electrons. The largest absolute Gasteiger partial charge is 0.416 e. The summed E-state index contributed by atoms with van der Waals surface area (Å²) in [5.74, 6) is 0.744. The molecule has 0 saturated carbocycles. The van der Waals surface area contributed by atoms with Crippen molar-refractivity contribution in [3.8, 4) is 0 Å². The average Bonchev–Trinajstić information content (AvgIpc) is 2.91. The van der Waals surface area contributed by atoms with E-state index in [1.165, 1.54) is 18.5 Å². The maximum Gasteiger partial charge on any atom is 0.416 e. The van der Waals surface area contributed by atoms with E-state index in [0.29, 0.717) is 18.5 Å². The lowest BCUT2D eigenvalue weighted by Crippen LogP contribution is -2.22. The number of aromatic amines is 1. The van der Waals surface area contributed by atoms with Gasteiger partial charge in [-0.05, 0) is 24.6 Å². The van der Waals surface area contributed by atoms with Gasteiger partial charge in [0.15, 0.2) is 0 Å². The standard InChI is InChI=1S/C13H15F3N4/c1-9(17-6-5-12-18-8-19-20-12)10-3-2-4-11(7-10)13(14,15)16/h2-4,7-9,17H,5-6H2,1H3,(H,18,19,20). The molecular formula is C13H15F3N4. The lowest BCUT2D eigenvalue weighted by Gasteiger charge is -2.15. The molecule has 0 radical (unpaired) electrons. The number of H-pyrrole nitrogens is 1. The van der Waals surface area contributed by atoms with Crippen molar-refractivity contribution in [2.75, 3.05) is 6.54 Å². The molecule has 1 aromatic heterocycles. The molecule has 4 nitrogen and oxygen atoms in total. The molecule has 0 fully saturated rings. The van der Waals surface area contributed by atoms with E-state index in [4.69, 9.17) is 0 Å². The van der Waals surface area contributed by atoms with Crippen LogP contribution in [0.2, 0.25) is 0 Å². The van der Waals surface area contributed by atoms with Crippen LogP contribution in [-0.4, -0.2) is 21.7 Å². The van der Waals surface area contributed by atoms with Gasteiger partial charge in [-0.25, -0.2) is 4.98 Å². The van der Waals surface area contributed by atoms with Gasteiger partial charge in [0.1, 0.15) is 12.2 Å². The highest BCUT2D eigenvalue weighted by Gasteiger charge is 2.30. The highest BCUT2D eigenvalue weighted by Crippen LogP contribution is 2.30. The number of hydrogen-bond acceptors (Lipinski definition) is 3. The molecule has 0 aliphatic heterocycles. The first-order valence-electron chi connectivity index (χ1n) is 6.21. The number of nitrogens with one attached hydrogen (secondary N) is 2. The van der Waals surface area contributed by atoms with Gasteiger partial charge in [-0.1, -0.05) is 12.1 Å². The fraction of sp³-hybridized carbons (Fsp3) is 0.385. The Hall–Kier alpha value is -1.89. The van der Waals surface area contributed by atoms with Crippen molar-refractivity contribution in [2.45, 2.75) is 25.6 Å². The predicted octanol–water partition coefficient (Wildman–Crippen LogP) is 2.72. The van der Waals surface area contributed by atoms with Crippen LogP contribution < -0.4 is 5.32 Å². The van der Waals surface area contributed by atoms with Crippen LogP contribution in [0.5, 0.6) is 0 Å². The van der Waals surface area contributed by atoms with E-state index in [2.05, 4.69) is 20.5 Å². The molecule has 0 spiro atoms. The van der Waals surface area contributed by atoms with Gasteiger partial charge in [-0.2, -0.15) is 18.3 Å². The van der Waals surface area contributed by atoms with E-state index < -0.39 is 11.7 Å². The molecule has 1 atom stereocenters. The summed E-state index contributed by atoms with van der Waals surface area (Å²) in [6, 6.07) is 5.19. The third kappa shape index (κ3) is 3.80. The zero-order chi connectivity index (χ0) is 14.6. The monoisotopic (exact) mass is 284 g/mol. The number of nitrogens with zero attached hydrogens (tertiary/aromatic N) is 2. The van der Waals surface area contributed by atoms with Crippen LogP contribution in [0, 0.1) is 0 Å². The second kappa shape index (κ2) is 6.04. The lowest BCUT2D eigenvalue weighted by molar-refractivity contribution is -0.137. The average molecular weight is 284 g/mol. The minimum atomic E-state index is -4.31. The minimum absolute atomic E-state index is 0.166. The van der Waals surface area contributed by atoms with Gasteiger partial charge in [-0.15, -0.1) is 0 Å². The van der Waals surface area contributed by atoms with Crippen molar-refractivity contribution in [3.05, 3.63) is 47.5 Å². The maximum absolute atomic E-state index is 12.6. The normalized spacial score (nSPS) is 13.4. The van der Waals surface area contributed by atoms with Gasteiger partial charge in [-0.3, -0.25) is 5.10 Å². The van der Waals surface area contributed by atoms with Gasteiger partial charge in [0.25, 0.3) is 0 Å². The van der Waals surface area contributed by atoms with Crippen molar-refractivity contribution in [1.29, 1.82) is 0 Å². The van der Waals surface area contributed by atoms with Crippen LogP contribution in [-0.2, 0) is 12.6 Å². The summed E-state index contributed by atoms with van der Waals surface area (Å²) < 4.78 is 37.9. The summed E-state index contributed by atoms with van der Waals surface area (Å²) in [6.07, 6.45) is -2.25. The lowest BCUT2D eigenvalue weighted by atomic mass is 10.0. The number of rotatable bonds is 5. The number of benzene rings is 1. The predicted molar refractivity (Wildman–Crippen MR) is 67.9 cm³/mol. The quantitative estimate of drug-likeness (QED) is 0.887. The Bertz CT molecular complexity index is 537. The summed E-state index contributed by atoms with van der Waals surface area (Å²) >= 11 is 0. The Morgan fingerprint density at radius 2 is 2.15 bits per heavy atom. The number of alkyl halides is 3. The van der Waals surface area contributed by atoms with E-state index in [1.807, 2.05) is 6.92 Å². The zero-order valence-electron chi connectivity index (χ0n) is 10.9. The molecule has 0 bridgehead atoms. The van der Waals surface area contributed by atoms with Gasteiger partial charge < -0.3 is 5.32 Å². The van der Waals surface area contributed by atoms with Crippen LogP contribution in [0.1, 0.15) is 29.9 Å². The van der Waals surface area contributed by atoms with Crippen LogP contribution in [0.3, 0.4) is 0 Å². The highest BCUT2D eigenvalue weighted by molar-refractivity contribution is 5.27. The second-order valence-electron chi connectivity index (χ2n) is 4.48. The van der Waals surface area contributed by atoms with Crippen LogP contribution in [0.4, 0.5) is 13.2 Å². The van der Waals surface area contributed by atoms with Crippen molar-refractivity contribution in [1.82, 2.24) is 20.5 Å². The third-order valence-corrected chi connectivity index (χ3v) is 2.99. The summed E-state index contributed by atoms with van der Waals surface area (Å²) in [4.78, 5) is 3.98. The Morgan fingerprint density at radius 1 is 1.35 bits per heavy atom. The fourth-order valence-corrected chi connectivity index (χ4v) is 1.86. The van der Waals surface area contributed by atoms with E-state index in [1.54, 1.807) is 6.07 Å². The van der Waals surface area contributed by atoms with Crippen molar-refractivity contribution >= 4 is 0 Å². The molecule has 20 heavy (non-hydrogen) atoms. The number of aromatic nitrogens is 3. The molecule has 2 aromatic rings. The third-order valence-electron chi connectivity index (χ3n) is 2.99. The van der Waals surface area contributed by atoms with Gasteiger partial charge in [0.2, 0.25) is 0 Å². The molecule has 1 unspecified atom stereocenters. The molecule has 1 aromatic carbocycles. The molecule has 0 aliphatic carbocycles. The Balaban J connectivity index is 1.93. The Kier molecular flexibility index (Phi) is 4.39. The number of halogens is 3. The molecular weight excluding hydrogens is 269 g/mol. The minimum Gasteiger partial charge on any atom is -0.310 e. The summed E-state index contributed by atoms with van der Waals surface area (Å²) in [5.41, 5.74) is -0.0173. The Labute approximate surface area is 114 Å². The van der Waals surface area contributed by atoms with E-state index >= 15 is 0 Å². The van der Waals surface area contributed by atoms with E-state index in [-0.39, 0.29) is 6.04 Å². The smallest absolute Gasteiger partial charge is 0.310 e. The van der Waals surface area contributed by atoms with Crippen molar-refractivity contribution in [3.63, 3.8) is 0 Å². The van der Waals surface area contributed by atoms with Crippen LogP contribution in [0.25, 0.3) is 0 Å². The second-order valence-corrected chi connectivity index (χ2v) is 4.48. The summed E-state index contributed by atoms with van der Waals surface area (Å²) in [6.45, 7) is 2.43. The van der Waals surface area contributed by atoms with E-state index in [0.717, 1.165) is 11.9 Å².